The van der Waals surface area contributed by atoms with Crippen LogP contribution in [0, 0.1) is 0 Å². The smallest absolute Gasteiger partial charge is 0.272 e. The van der Waals surface area contributed by atoms with E-state index in [1.807, 2.05) is 23.1 Å². The van der Waals surface area contributed by atoms with E-state index in [0.717, 1.165) is 31.5 Å². The van der Waals surface area contributed by atoms with Crippen molar-refractivity contribution >= 4 is 11.9 Å². The summed E-state index contributed by atoms with van der Waals surface area (Å²) < 4.78 is 0. The number of carbonyl (C=O) groups is 1. The lowest BCUT2D eigenvalue weighted by Gasteiger charge is -2.26. The average Bonchev–Trinajstić information content (AvgIpc) is 2.63. The van der Waals surface area contributed by atoms with Gasteiger partial charge in [0.15, 0.2) is 0 Å². The van der Waals surface area contributed by atoms with E-state index in [0.29, 0.717) is 11.6 Å². The summed E-state index contributed by atoms with van der Waals surface area (Å²) in [5.41, 5.74) is 1.62. The normalized spacial score (nSPS) is 16.0. The molecule has 5 nitrogen and oxygen atoms in total. The van der Waals surface area contributed by atoms with Crippen LogP contribution in [0.2, 0.25) is 0 Å². The van der Waals surface area contributed by atoms with Crippen molar-refractivity contribution < 1.29 is 4.79 Å². The van der Waals surface area contributed by atoms with Crippen molar-refractivity contribution in [2.75, 3.05) is 18.4 Å². The molecule has 120 valence electrons. The van der Waals surface area contributed by atoms with Gasteiger partial charge in [-0.1, -0.05) is 30.3 Å². The highest BCUT2D eigenvalue weighted by Gasteiger charge is 2.20. The van der Waals surface area contributed by atoms with E-state index in [4.69, 9.17) is 0 Å². The number of piperidine rings is 1. The molecule has 2 aromatic rings. The topological polar surface area (TPSA) is 58.1 Å². The second-order valence-electron chi connectivity index (χ2n) is 5.90. The predicted molar refractivity (Wildman–Crippen MR) is 90.3 cm³/mol. The summed E-state index contributed by atoms with van der Waals surface area (Å²) in [6, 6.07) is 11.9. The van der Waals surface area contributed by atoms with Crippen molar-refractivity contribution in [2.24, 2.45) is 0 Å². The molecule has 1 aromatic heterocycles. The zero-order valence-electron chi connectivity index (χ0n) is 13.4. The highest BCUT2D eigenvalue weighted by Crippen LogP contribution is 2.17. The van der Waals surface area contributed by atoms with E-state index in [1.165, 1.54) is 6.42 Å². The largest absolute Gasteiger partial charge is 0.348 e. The first-order valence-corrected chi connectivity index (χ1v) is 8.18. The molecule has 23 heavy (non-hydrogen) atoms. The van der Waals surface area contributed by atoms with Gasteiger partial charge in [-0.3, -0.25) is 4.79 Å². The minimum atomic E-state index is 0.00233. The van der Waals surface area contributed by atoms with Crippen LogP contribution in [0.25, 0.3) is 0 Å². The molecule has 1 aliphatic rings. The minimum absolute atomic E-state index is 0.00233. The third-order valence-corrected chi connectivity index (χ3v) is 4.16. The Morgan fingerprint density at radius 2 is 1.87 bits per heavy atom. The van der Waals surface area contributed by atoms with Crippen LogP contribution in [0.4, 0.5) is 5.95 Å². The first kappa shape index (κ1) is 15.5. The third kappa shape index (κ3) is 3.86. The highest BCUT2D eigenvalue weighted by atomic mass is 16.2. The Kier molecular flexibility index (Phi) is 4.86. The van der Waals surface area contributed by atoms with Crippen LogP contribution < -0.4 is 5.32 Å². The van der Waals surface area contributed by atoms with Gasteiger partial charge in [0.2, 0.25) is 5.95 Å². The van der Waals surface area contributed by atoms with Gasteiger partial charge in [0.1, 0.15) is 5.69 Å². The van der Waals surface area contributed by atoms with Crippen molar-refractivity contribution in [3.8, 4) is 0 Å². The summed E-state index contributed by atoms with van der Waals surface area (Å²) in [5, 5.41) is 3.26. The molecule has 2 heterocycles. The first-order chi connectivity index (χ1) is 11.2. The number of carbonyl (C=O) groups excluding carboxylic acids is 1. The van der Waals surface area contributed by atoms with Crippen molar-refractivity contribution in [2.45, 2.75) is 32.2 Å². The number of anilines is 1. The van der Waals surface area contributed by atoms with Gasteiger partial charge in [0.05, 0.1) is 6.04 Å². The molecule has 0 saturated carbocycles. The lowest BCUT2D eigenvalue weighted by molar-refractivity contribution is 0.0718. The van der Waals surface area contributed by atoms with Crippen LogP contribution >= 0.6 is 0 Å². The highest BCUT2D eigenvalue weighted by molar-refractivity contribution is 5.92. The van der Waals surface area contributed by atoms with E-state index in [9.17, 15) is 4.79 Å². The molecule has 0 radical (unpaired) electrons. The number of amides is 1. The van der Waals surface area contributed by atoms with Gasteiger partial charge in [0, 0.05) is 19.3 Å². The molecule has 1 aliphatic heterocycles. The van der Waals surface area contributed by atoms with Gasteiger partial charge < -0.3 is 10.2 Å². The maximum absolute atomic E-state index is 12.5. The minimum Gasteiger partial charge on any atom is -0.348 e. The molecule has 1 amide bonds. The number of nitrogens with zero attached hydrogens (tertiary/aromatic N) is 3. The zero-order chi connectivity index (χ0) is 16.1. The Balaban J connectivity index is 1.71. The van der Waals surface area contributed by atoms with Gasteiger partial charge in [-0.2, -0.15) is 0 Å². The van der Waals surface area contributed by atoms with E-state index < -0.39 is 0 Å². The van der Waals surface area contributed by atoms with Gasteiger partial charge in [-0.15, -0.1) is 0 Å². The Bertz CT molecular complexity index is 653. The fourth-order valence-electron chi connectivity index (χ4n) is 2.83. The van der Waals surface area contributed by atoms with Crippen LogP contribution in [0.3, 0.4) is 0 Å². The quantitative estimate of drug-likeness (QED) is 0.941. The number of hydrogen-bond acceptors (Lipinski definition) is 4. The Labute approximate surface area is 136 Å². The molecule has 1 saturated heterocycles. The van der Waals surface area contributed by atoms with Crippen LogP contribution in [-0.2, 0) is 0 Å². The van der Waals surface area contributed by atoms with Crippen molar-refractivity contribution in [1.29, 1.82) is 0 Å². The van der Waals surface area contributed by atoms with E-state index >= 15 is 0 Å². The molecule has 5 heteroatoms. The summed E-state index contributed by atoms with van der Waals surface area (Å²) in [6.45, 7) is 3.70. The predicted octanol–water partition coefficient (Wildman–Crippen LogP) is 3.28. The Morgan fingerprint density at radius 3 is 2.61 bits per heavy atom. The van der Waals surface area contributed by atoms with Crippen LogP contribution in [-0.4, -0.2) is 33.9 Å². The summed E-state index contributed by atoms with van der Waals surface area (Å²) in [5.74, 6) is 0.492. The summed E-state index contributed by atoms with van der Waals surface area (Å²) >= 11 is 0. The number of aromatic nitrogens is 2. The number of hydrogen-bond donors (Lipinski definition) is 1. The summed E-state index contributed by atoms with van der Waals surface area (Å²) in [4.78, 5) is 23.0. The fraction of sp³-hybridized carbons (Fsp3) is 0.389. The number of rotatable bonds is 4. The zero-order valence-corrected chi connectivity index (χ0v) is 13.4. The fourth-order valence-corrected chi connectivity index (χ4v) is 2.83. The molecule has 1 unspecified atom stereocenters. The molecule has 1 aromatic carbocycles. The lowest BCUT2D eigenvalue weighted by atomic mass is 10.1. The van der Waals surface area contributed by atoms with Crippen LogP contribution in [0.5, 0.6) is 0 Å². The Morgan fingerprint density at radius 1 is 1.13 bits per heavy atom. The van der Waals surface area contributed by atoms with Crippen molar-refractivity contribution in [1.82, 2.24) is 14.9 Å². The third-order valence-electron chi connectivity index (χ3n) is 4.16. The Hall–Kier alpha value is -2.43. The van der Waals surface area contributed by atoms with Gasteiger partial charge in [-0.25, -0.2) is 9.97 Å². The van der Waals surface area contributed by atoms with E-state index in [2.05, 4.69) is 34.3 Å². The van der Waals surface area contributed by atoms with Crippen molar-refractivity contribution in [3.05, 3.63) is 53.9 Å². The molecular weight excluding hydrogens is 288 g/mol. The molecular formula is C18H22N4O. The number of nitrogens with one attached hydrogen (secondary N) is 1. The van der Waals surface area contributed by atoms with Crippen LogP contribution in [0.15, 0.2) is 42.6 Å². The second kappa shape index (κ2) is 7.22. The number of likely N-dealkylation sites (tertiary alicyclic amines) is 1. The maximum atomic E-state index is 12.5. The molecule has 0 bridgehead atoms. The van der Waals surface area contributed by atoms with Crippen molar-refractivity contribution in [3.63, 3.8) is 0 Å². The molecule has 3 rings (SSSR count). The van der Waals surface area contributed by atoms with Gasteiger partial charge in [-0.05, 0) is 37.8 Å². The first-order valence-electron chi connectivity index (χ1n) is 8.18. The second-order valence-corrected chi connectivity index (χ2v) is 5.90. The summed E-state index contributed by atoms with van der Waals surface area (Å²) in [6.07, 6.45) is 5.00. The SMILES string of the molecule is CC(Nc1nccc(C(=O)N2CCCCC2)n1)c1ccccc1. The molecule has 1 atom stereocenters. The molecule has 0 spiro atoms. The van der Waals surface area contributed by atoms with E-state index in [1.54, 1.807) is 12.3 Å². The standard InChI is InChI=1S/C18H22N4O/c1-14(15-8-4-2-5-9-15)20-18-19-11-10-16(21-18)17(23)22-12-6-3-7-13-22/h2,4-5,8-11,14H,3,6-7,12-13H2,1H3,(H,19,20,21). The molecule has 0 aliphatic carbocycles. The van der Waals surface area contributed by atoms with Gasteiger partial charge >= 0.3 is 0 Å². The maximum Gasteiger partial charge on any atom is 0.272 e. The molecule has 1 N–H and O–H groups in total. The summed E-state index contributed by atoms with van der Waals surface area (Å²) in [7, 11) is 0. The lowest BCUT2D eigenvalue weighted by Crippen LogP contribution is -2.36. The van der Waals surface area contributed by atoms with E-state index in [-0.39, 0.29) is 11.9 Å². The monoisotopic (exact) mass is 310 g/mol. The van der Waals surface area contributed by atoms with Gasteiger partial charge in [0.25, 0.3) is 5.91 Å². The van der Waals surface area contributed by atoms with Crippen LogP contribution in [0.1, 0.15) is 48.3 Å². The number of benzene rings is 1. The average molecular weight is 310 g/mol. The molecule has 1 fully saturated rings.